The zero-order valence-electron chi connectivity index (χ0n) is 8.37. The second-order valence-corrected chi connectivity index (χ2v) is 4.14. The van der Waals surface area contributed by atoms with Crippen LogP contribution in [0, 0.1) is 0 Å². The predicted octanol–water partition coefficient (Wildman–Crippen LogP) is 1.33. The molecule has 0 spiro atoms. The largest absolute Gasteiger partial charge is 0.483 e. The van der Waals surface area contributed by atoms with Gasteiger partial charge in [-0.2, -0.15) is 0 Å². The number of ether oxygens (including phenoxy) is 1. The van der Waals surface area contributed by atoms with Gasteiger partial charge in [-0.1, -0.05) is 22.0 Å². The molecule has 1 aromatic carbocycles. The van der Waals surface area contributed by atoms with E-state index in [0.717, 1.165) is 10.0 Å². The Morgan fingerprint density at radius 3 is 2.80 bits per heavy atom. The van der Waals surface area contributed by atoms with Crippen LogP contribution in [0.25, 0.3) is 0 Å². The number of carbonyl (C=O) groups is 1. The lowest BCUT2D eigenvalue weighted by Crippen LogP contribution is -2.21. The molecule has 4 nitrogen and oxygen atoms in total. The van der Waals surface area contributed by atoms with E-state index in [2.05, 4.69) is 15.9 Å². The second kappa shape index (κ2) is 5.14. The maximum absolute atomic E-state index is 10.6. The van der Waals surface area contributed by atoms with Crippen molar-refractivity contribution < 1.29 is 9.53 Å². The highest BCUT2D eigenvalue weighted by Crippen LogP contribution is 2.27. The highest BCUT2D eigenvalue weighted by Gasteiger charge is 2.09. The summed E-state index contributed by atoms with van der Waals surface area (Å²) in [7, 11) is 0. The Morgan fingerprint density at radius 1 is 1.60 bits per heavy atom. The van der Waals surface area contributed by atoms with Gasteiger partial charge >= 0.3 is 0 Å². The van der Waals surface area contributed by atoms with E-state index in [-0.39, 0.29) is 12.6 Å². The smallest absolute Gasteiger partial charge is 0.255 e. The van der Waals surface area contributed by atoms with E-state index in [9.17, 15) is 4.79 Å². The first kappa shape index (κ1) is 12.0. The average Bonchev–Trinajstić information content (AvgIpc) is 2.14. The SMILES string of the molecule is C[C@H](N)c1ccc(Br)cc1OCC(N)=O. The molecule has 5 heteroatoms. The number of hydrogen-bond donors (Lipinski definition) is 2. The first-order valence-electron chi connectivity index (χ1n) is 4.47. The fraction of sp³-hybridized carbons (Fsp3) is 0.300. The lowest BCUT2D eigenvalue weighted by Gasteiger charge is -2.13. The van der Waals surface area contributed by atoms with Gasteiger partial charge in [-0.05, 0) is 19.1 Å². The number of hydrogen-bond acceptors (Lipinski definition) is 3. The lowest BCUT2D eigenvalue weighted by atomic mass is 10.1. The third-order valence-electron chi connectivity index (χ3n) is 1.84. The van der Waals surface area contributed by atoms with Crippen molar-refractivity contribution >= 4 is 21.8 Å². The van der Waals surface area contributed by atoms with Gasteiger partial charge in [0.05, 0.1) is 0 Å². The summed E-state index contributed by atoms with van der Waals surface area (Å²) in [6.45, 7) is 1.70. The summed E-state index contributed by atoms with van der Waals surface area (Å²) in [4.78, 5) is 10.6. The van der Waals surface area contributed by atoms with Gasteiger partial charge in [0.1, 0.15) is 5.75 Å². The van der Waals surface area contributed by atoms with Crippen LogP contribution < -0.4 is 16.2 Å². The molecule has 4 N–H and O–H groups in total. The molecule has 1 amide bonds. The van der Waals surface area contributed by atoms with E-state index in [1.807, 2.05) is 19.1 Å². The van der Waals surface area contributed by atoms with Gasteiger partial charge < -0.3 is 16.2 Å². The van der Waals surface area contributed by atoms with Crippen LogP contribution in [0.3, 0.4) is 0 Å². The molecule has 0 aromatic heterocycles. The fourth-order valence-electron chi connectivity index (χ4n) is 1.16. The summed E-state index contributed by atoms with van der Waals surface area (Å²) in [6, 6.07) is 5.34. The van der Waals surface area contributed by atoms with Crippen molar-refractivity contribution in [3.8, 4) is 5.75 Å². The van der Waals surface area contributed by atoms with Crippen LogP contribution in [0.1, 0.15) is 18.5 Å². The maximum atomic E-state index is 10.6. The Morgan fingerprint density at radius 2 is 2.27 bits per heavy atom. The van der Waals surface area contributed by atoms with Crippen LogP contribution in [0.4, 0.5) is 0 Å². The van der Waals surface area contributed by atoms with E-state index in [0.29, 0.717) is 5.75 Å². The average molecular weight is 273 g/mol. The molecule has 1 rings (SSSR count). The Bertz CT molecular complexity index is 366. The van der Waals surface area contributed by atoms with Gasteiger partial charge in [0.15, 0.2) is 6.61 Å². The zero-order valence-corrected chi connectivity index (χ0v) is 9.95. The van der Waals surface area contributed by atoms with Crippen LogP contribution in [-0.2, 0) is 4.79 Å². The Hall–Kier alpha value is -1.07. The van der Waals surface area contributed by atoms with Gasteiger partial charge in [0, 0.05) is 16.1 Å². The predicted molar refractivity (Wildman–Crippen MR) is 61.4 cm³/mol. The Labute approximate surface area is 96.7 Å². The minimum atomic E-state index is -0.509. The number of benzene rings is 1. The van der Waals surface area contributed by atoms with Crippen molar-refractivity contribution in [2.24, 2.45) is 11.5 Å². The molecule has 1 aromatic rings. The molecule has 0 fully saturated rings. The van der Waals surface area contributed by atoms with Gasteiger partial charge in [-0.15, -0.1) is 0 Å². The summed E-state index contributed by atoms with van der Waals surface area (Å²) in [5.74, 6) is 0.0729. The molecule has 0 saturated heterocycles. The number of carbonyl (C=O) groups excluding carboxylic acids is 1. The van der Waals surface area contributed by atoms with E-state index < -0.39 is 5.91 Å². The number of amides is 1. The van der Waals surface area contributed by atoms with Gasteiger partial charge in [-0.25, -0.2) is 0 Å². The lowest BCUT2D eigenvalue weighted by molar-refractivity contribution is -0.119. The fourth-order valence-corrected chi connectivity index (χ4v) is 1.50. The van der Waals surface area contributed by atoms with Crippen molar-refractivity contribution in [2.45, 2.75) is 13.0 Å². The maximum Gasteiger partial charge on any atom is 0.255 e. The van der Waals surface area contributed by atoms with Crippen molar-refractivity contribution in [2.75, 3.05) is 6.61 Å². The van der Waals surface area contributed by atoms with E-state index >= 15 is 0 Å². The van der Waals surface area contributed by atoms with Crippen LogP contribution in [0.2, 0.25) is 0 Å². The number of rotatable bonds is 4. The van der Waals surface area contributed by atoms with Crippen LogP contribution in [-0.4, -0.2) is 12.5 Å². The van der Waals surface area contributed by atoms with E-state index in [4.69, 9.17) is 16.2 Å². The molecule has 0 heterocycles. The molecule has 1 atom stereocenters. The second-order valence-electron chi connectivity index (χ2n) is 3.23. The summed E-state index contributed by atoms with van der Waals surface area (Å²) in [5.41, 5.74) is 11.6. The summed E-state index contributed by atoms with van der Waals surface area (Å²) < 4.78 is 6.12. The Balaban J connectivity index is 2.91. The monoisotopic (exact) mass is 272 g/mol. The summed E-state index contributed by atoms with van der Waals surface area (Å²) >= 11 is 3.32. The van der Waals surface area contributed by atoms with Crippen LogP contribution in [0.15, 0.2) is 22.7 Å². The Kier molecular flexibility index (Phi) is 4.11. The van der Waals surface area contributed by atoms with Crippen molar-refractivity contribution in [3.05, 3.63) is 28.2 Å². The molecule has 0 bridgehead atoms. The van der Waals surface area contributed by atoms with Crippen molar-refractivity contribution in [1.29, 1.82) is 0 Å². The van der Waals surface area contributed by atoms with Gasteiger partial charge in [0.2, 0.25) is 0 Å². The molecule has 15 heavy (non-hydrogen) atoms. The minimum Gasteiger partial charge on any atom is -0.483 e. The van der Waals surface area contributed by atoms with Crippen LogP contribution >= 0.6 is 15.9 Å². The summed E-state index contributed by atoms with van der Waals surface area (Å²) in [5, 5.41) is 0. The van der Waals surface area contributed by atoms with Crippen molar-refractivity contribution in [1.82, 2.24) is 0 Å². The highest BCUT2D eigenvalue weighted by molar-refractivity contribution is 9.10. The van der Waals surface area contributed by atoms with Crippen molar-refractivity contribution in [3.63, 3.8) is 0 Å². The molecule has 0 aliphatic rings. The first-order chi connectivity index (χ1) is 7.00. The molecular weight excluding hydrogens is 260 g/mol. The zero-order chi connectivity index (χ0) is 11.4. The molecule has 0 unspecified atom stereocenters. The quantitative estimate of drug-likeness (QED) is 0.868. The number of nitrogens with two attached hydrogens (primary N) is 2. The van der Waals surface area contributed by atoms with Crippen LogP contribution in [0.5, 0.6) is 5.75 Å². The van der Waals surface area contributed by atoms with E-state index in [1.165, 1.54) is 0 Å². The number of halogens is 1. The molecule has 0 aliphatic heterocycles. The normalized spacial score (nSPS) is 12.2. The van der Waals surface area contributed by atoms with Gasteiger partial charge in [0.25, 0.3) is 5.91 Å². The minimum absolute atomic E-state index is 0.143. The summed E-state index contributed by atoms with van der Waals surface area (Å²) in [6.07, 6.45) is 0. The highest BCUT2D eigenvalue weighted by atomic mass is 79.9. The van der Waals surface area contributed by atoms with E-state index in [1.54, 1.807) is 6.07 Å². The molecule has 0 aliphatic carbocycles. The molecule has 0 saturated carbocycles. The molecule has 82 valence electrons. The molecule has 0 radical (unpaired) electrons. The third kappa shape index (κ3) is 3.53. The van der Waals surface area contributed by atoms with Gasteiger partial charge in [-0.3, -0.25) is 4.79 Å². The number of primary amides is 1. The first-order valence-corrected chi connectivity index (χ1v) is 5.26. The molecular formula is C10H13BrN2O2. The topological polar surface area (TPSA) is 78.3 Å². The standard InChI is InChI=1S/C10H13BrN2O2/c1-6(12)8-3-2-7(11)4-9(8)15-5-10(13)14/h2-4,6H,5,12H2,1H3,(H2,13,14)/t6-/m0/s1. The third-order valence-corrected chi connectivity index (χ3v) is 2.33.